The molecule has 0 atom stereocenters. The van der Waals surface area contributed by atoms with Gasteiger partial charge >= 0.3 is 0 Å². The Morgan fingerprint density at radius 2 is 1.71 bits per heavy atom. The van der Waals surface area contributed by atoms with Gasteiger partial charge in [-0.25, -0.2) is 4.98 Å². The second kappa shape index (κ2) is 6.00. The quantitative estimate of drug-likeness (QED) is 0.733. The molecule has 0 aliphatic carbocycles. The molecule has 5 nitrogen and oxygen atoms in total. The molecule has 0 N–H and O–H groups in total. The minimum Gasteiger partial charge on any atom is -0.497 e. The second-order valence-corrected chi connectivity index (χ2v) is 4.24. The van der Waals surface area contributed by atoms with Gasteiger partial charge in [0.2, 0.25) is 5.88 Å². The van der Waals surface area contributed by atoms with Gasteiger partial charge < -0.3 is 9.47 Å². The zero-order valence-electron chi connectivity index (χ0n) is 11.4. The zero-order chi connectivity index (χ0) is 14.5. The molecule has 3 rings (SSSR count). The monoisotopic (exact) mass is 279 g/mol. The van der Waals surface area contributed by atoms with Gasteiger partial charge in [-0.1, -0.05) is 0 Å². The zero-order valence-corrected chi connectivity index (χ0v) is 11.4. The molecule has 0 saturated heterocycles. The molecular formula is C16H13N3O2. The third kappa shape index (κ3) is 3.14. The van der Waals surface area contributed by atoms with Gasteiger partial charge in [0.25, 0.3) is 0 Å². The number of rotatable bonds is 4. The lowest BCUT2D eigenvalue weighted by Crippen LogP contribution is -1.93. The molecule has 0 amide bonds. The van der Waals surface area contributed by atoms with Gasteiger partial charge in [0.05, 0.1) is 7.11 Å². The van der Waals surface area contributed by atoms with Crippen molar-refractivity contribution in [3.8, 4) is 28.8 Å². The number of aromatic nitrogens is 3. The highest BCUT2D eigenvalue weighted by molar-refractivity contribution is 5.53. The number of hydrogen-bond acceptors (Lipinski definition) is 5. The lowest BCUT2D eigenvalue weighted by atomic mass is 10.3. The summed E-state index contributed by atoms with van der Waals surface area (Å²) in [7, 11) is 1.63. The van der Waals surface area contributed by atoms with Crippen LogP contribution >= 0.6 is 0 Å². The normalized spacial score (nSPS) is 10.1. The van der Waals surface area contributed by atoms with Crippen LogP contribution in [0.1, 0.15) is 0 Å². The highest BCUT2D eigenvalue weighted by Crippen LogP contribution is 2.23. The third-order valence-electron chi connectivity index (χ3n) is 2.83. The number of nitrogens with zero attached hydrogens (tertiary/aromatic N) is 3. The minimum atomic E-state index is 0.481. The van der Waals surface area contributed by atoms with Crippen molar-refractivity contribution < 1.29 is 9.47 Å². The van der Waals surface area contributed by atoms with Crippen molar-refractivity contribution in [1.82, 2.24) is 15.0 Å². The molecule has 1 aromatic carbocycles. The van der Waals surface area contributed by atoms with E-state index in [1.165, 1.54) is 0 Å². The molecule has 0 bridgehead atoms. The first kappa shape index (κ1) is 13.1. The van der Waals surface area contributed by atoms with Crippen molar-refractivity contribution in [2.24, 2.45) is 0 Å². The Bertz CT molecular complexity index is 715. The Morgan fingerprint density at radius 3 is 2.43 bits per heavy atom. The van der Waals surface area contributed by atoms with E-state index in [1.807, 2.05) is 36.4 Å². The summed E-state index contributed by atoms with van der Waals surface area (Å²) in [4.78, 5) is 12.7. The lowest BCUT2D eigenvalue weighted by molar-refractivity contribution is 0.412. The molecule has 3 aromatic rings. The number of pyridine rings is 1. The van der Waals surface area contributed by atoms with Gasteiger partial charge in [-0.3, -0.25) is 4.98 Å². The smallest absolute Gasteiger partial charge is 0.222 e. The van der Waals surface area contributed by atoms with Gasteiger partial charge in [0.1, 0.15) is 11.5 Å². The van der Waals surface area contributed by atoms with Gasteiger partial charge in [-0.2, -0.15) is 4.98 Å². The van der Waals surface area contributed by atoms with Crippen LogP contribution in [-0.4, -0.2) is 22.1 Å². The summed E-state index contributed by atoms with van der Waals surface area (Å²) in [6.45, 7) is 0. The molecule has 0 radical (unpaired) electrons. The molecule has 21 heavy (non-hydrogen) atoms. The van der Waals surface area contributed by atoms with E-state index >= 15 is 0 Å². The van der Waals surface area contributed by atoms with Crippen molar-refractivity contribution in [3.05, 3.63) is 61.1 Å². The van der Waals surface area contributed by atoms with Crippen molar-refractivity contribution in [3.63, 3.8) is 0 Å². The summed E-state index contributed by atoms with van der Waals surface area (Å²) in [5.41, 5.74) is 0.845. The molecule has 104 valence electrons. The molecular weight excluding hydrogens is 266 g/mol. The highest BCUT2D eigenvalue weighted by atomic mass is 16.5. The van der Waals surface area contributed by atoms with Crippen LogP contribution < -0.4 is 9.47 Å². The molecule has 5 heteroatoms. The Hall–Kier alpha value is -2.95. The maximum atomic E-state index is 5.71. The molecule has 0 fully saturated rings. The Kier molecular flexibility index (Phi) is 3.73. The summed E-state index contributed by atoms with van der Waals surface area (Å²) in [6, 6.07) is 12.8. The maximum Gasteiger partial charge on any atom is 0.222 e. The number of ether oxygens (including phenoxy) is 2. The number of methoxy groups -OCH3 is 1. The molecule has 0 spiro atoms. The van der Waals surface area contributed by atoms with E-state index in [4.69, 9.17) is 9.47 Å². The van der Waals surface area contributed by atoms with Crippen molar-refractivity contribution in [2.75, 3.05) is 7.11 Å². The fourth-order valence-corrected chi connectivity index (χ4v) is 1.80. The van der Waals surface area contributed by atoms with Crippen molar-refractivity contribution >= 4 is 0 Å². The van der Waals surface area contributed by atoms with Crippen molar-refractivity contribution in [1.29, 1.82) is 0 Å². The molecule has 2 heterocycles. The van der Waals surface area contributed by atoms with Gasteiger partial charge in [-0.05, 0) is 36.4 Å². The molecule has 0 aliphatic heterocycles. The van der Waals surface area contributed by atoms with Crippen LogP contribution in [0.2, 0.25) is 0 Å². The molecule has 0 unspecified atom stereocenters. The van der Waals surface area contributed by atoms with E-state index in [1.54, 1.807) is 31.8 Å². The fraction of sp³-hybridized carbons (Fsp3) is 0.0625. The van der Waals surface area contributed by atoms with Gasteiger partial charge in [0.15, 0.2) is 5.82 Å². The number of benzene rings is 1. The summed E-state index contributed by atoms with van der Waals surface area (Å²) in [5.74, 6) is 2.52. The van der Waals surface area contributed by atoms with E-state index in [9.17, 15) is 0 Å². The number of hydrogen-bond donors (Lipinski definition) is 0. The molecule has 0 saturated carbocycles. The fourth-order valence-electron chi connectivity index (χ4n) is 1.80. The first-order chi connectivity index (χ1) is 10.3. The average molecular weight is 279 g/mol. The molecule has 2 aromatic heterocycles. The summed E-state index contributed by atoms with van der Waals surface area (Å²) in [5, 5.41) is 0. The average Bonchev–Trinajstić information content (AvgIpc) is 2.57. The maximum absolute atomic E-state index is 5.71. The minimum absolute atomic E-state index is 0.481. The highest BCUT2D eigenvalue weighted by Gasteiger charge is 2.04. The predicted molar refractivity (Wildman–Crippen MR) is 78.3 cm³/mol. The van der Waals surface area contributed by atoms with Crippen molar-refractivity contribution in [2.45, 2.75) is 0 Å². The largest absolute Gasteiger partial charge is 0.497 e. The Morgan fingerprint density at radius 1 is 0.905 bits per heavy atom. The van der Waals surface area contributed by atoms with Crippen LogP contribution in [0.3, 0.4) is 0 Å². The third-order valence-corrected chi connectivity index (χ3v) is 2.83. The topological polar surface area (TPSA) is 57.1 Å². The Balaban J connectivity index is 1.83. The van der Waals surface area contributed by atoms with Crippen LogP contribution in [-0.2, 0) is 0 Å². The van der Waals surface area contributed by atoms with Crippen LogP contribution in [0.5, 0.6) is 17.4 Å². The molecule has 0 aliphatic rings. The Labute approximate surface area is 122 Å². The lowest BCUT2D eigenvalue weighted by Gasteiger charge is -2.06. The summed E-state index contributed by atoms with van der Waals surface area (Å²) in [6.07, 6.45) is 5.09. The van der Waals surface area contributed by atoms with Crippen LogP contribution in [0.15, 0.2) is 61.1 Å². The van der Waals surface area contributed by atoms with E-state index in [2.05, 4.69) is 15.0 Å². The van der Waals surface area contributed by atoms with E-state index in [-0.39, 0.29) is 0 Å². The summed E-state index contributed by atoms with van der Waals surface area (Å²) >= 11 is 0. The second-order valence-electron chi connectivity index (χ2n) is 4.24. The van der Waals surface area contributed by atoms with E-state index in [0.717, 1.165) is 11.3 Å². The van der Waals surface area contributed by atoms with Gasteiger partial charge in [-0.15, -0.1) is 0 Å². The van der Waals surface area contributed by atoms with Crippen LogP contribution in [0.25, 0.3) is 11.4 Å². The first-order valence-corrected chi connectivity index (χ1v) is 6.40. The predicted octanol–water partition coefficient (Wildman–Crippen LogP) is 3.34. The summed E-state index contributed by atoms with van der Waals surface area (Å²) < 4.78 is 10.8. The SMILES string of the molecule is COc1ccc(Oc2ccnc(-c3cccnc3)n2)cc1. The standard InChI is InChI=1S/C16H13N3O2/c1-20-13-4-6-14(7-5-13)21-15-8-10-18-16(19-15)12-3-2-9-17-11-12/h2-11H,1H3. The van der Waals surface area contributed by atoms with E-state index in [0.29, 0.717) is 17.5 Å². The first-order valence-electron chi connectivity index (χ1n) is 6.40. The van der Waals surface area contributed by atoms with E-state index < -0.39 is 0 Å². The van der Waals surface area contributed by atoms with Crippen LogP contribution in [0.4, 0.5) is 0 Å². The van der Waals surface area contributed by atoms with Crippen LogP contribution in [0, 0.1) is 0 Å². The van der Waals surface area contributed by atoms with Gasteiger partial charge in [0, 0.05) is 30.2 Å².